The summed E-state index contributed by atoms with van der Waals surface area (Å²) in [4.78, 5) is 5.36. The molecule has 0 radical (unpaired) electrons. The van der Waals surface area contributed by atoms with Gasteiger partial charge < -0.3 is 4.90 Å². The van der Waals surface area contributed by atoms with Crippen LogP contribution in [-0.2, 0) is 28.1 Å². The first-order chi connectivity index (χ1) is 19.3. The number of hydrogen-bond donors (Lipinski definition) is 0. The molecule has 0 saturated heterocycles. The van der Waals surface area contributed by atoms with Crippen LogP contribution in [0.3, 0.4) is 0 Å². The van der Waals surface area contributed by atoms with Gasteiger partial charge in [0, 0.05) is 56.7 Å². The molecule has 0 spiro atoms. The van der Waals surface area contributed by atoms with E-state index in [1.807, 2.05) is 35.2 Å². The SMILES string of the molecule is CCN1/C(=C/C2=CC3=C/C(=C/c4sc5ccc(S(C)=O)cc5[n+]4CC)CCC3CC2)Sc2ccc(S(C)=O)cc21. The maximum atomic E-state index is 12.1. The van der Waals surface area contributed by atoms with E-state index in [2.05, 4.69) is 71.9 Å². The van der Waals surface area contributed by atoms with E-state index in [0.29, 0.717) is 5.92 Å². The Morgan fingerprint density at radius 2 is 1.73 bits per heavy atom. The molecule has 2 aromatic carbocycles. The highest BCUT2D eigenvalue weighted by atomic mass is 32.2. The van der Waals surface area contributed by atoms with Gasteiger partial charge in [0.25, 0.3) is 5.01 Å². The van der Waals surface area contributed by atoms with Gasteiger partial charge in [-0.3, -0.25) is 8.42 Å². The Hall–Kier alpha value is -2.26. The fourth-order valence-electron chi connectivity index (χ4n) is 5.94. The van der Waals surface area contributed by atoms with Crippen molar-refractivity contribution in [2.24, 2.45) is 5.92 Å². The molecule has 3 aromatic rings. The second-order valence-corrected chi connectivity index (χ2v) is 15.4. The average Bonchev–Trinajstić information content (AvgIpc) is 3.47. The molecular weight excluding hydrogens is 573 g/mol. The van der Waals surface area contributed by atoms with E-state index in [0.717, 1.165) is 35.7 Å². The van der Waals surface area contributed by atoms with Crippen molar-refractivity contribution in [3.8, 4) is 0 Å². The molecule has 208 valence electrons. The van der Waals surface area contributed by atoms with E-state index >= 15 is 0 Å². The van der Waals surface area contributed by atoms with E-state index in [1.165, 1.54) is 60.4 Å². The number of allylic oxidation sites excluding steroid dienone is 6. The Morgan fingerprint density at radius 3 is 2.48 bits per heavy atom. The maximum absolute atomic E-state index is 12.1. The van der Waals surface area contributed by atoms with E-state index < -0.39 is 21.6 Å². The molecule has 4 nitrogen and oxygen atoms in total. The first-order valence-electron chi connectivity index (χ1n) is 13.9. The molecule has 40 heavy (non-hydrogen) atoms. The van der Waals surface area contributed by atoms with Crippen LogP contribution in [0.5, 0.6) is 0 Å². The smallest absolute Gasteiger partial charge is 0.263 e. The number of aryl methyl sites for hydroxylation is 1. The van der Waals surface area contributed by atoms with Gasteiger partial charge in [0.05, 0.1) is 21.5 Å². The summed E-state index contributed by atoms with van der Waals surface area (Å²) in [5.41, 5.74) is 6.58. The molecule has 3 unspecified atom stereocenters. The molecular formula is C32H35N2O2S4+. The summed E-state index contributed by atoms with van der Waals surface area (Å²) < 4.78 is 27.7. The van der Waals surface area contributed by atoms with Crippen LogP contribution in [0.2, 0.25) is 0 Å². The molecule has 6 rings (SSSR count). The van der Waals surface area contributed by atoms with Gasteiger partial charge in [0.2, 0.25) is 5.52 Å². The van der Waals surface area contributed by atoms with Crippen molar-refractivity contribution in [3.05, 3.63) is 81.4 Å². The number of benzene rings is 2. The number of hydrogen-bond acceptors (Lipinski definition) is 5. The summed E-state index contributed by atoms with van der Waals surface area (Å²) in [6.45, 7) is 6.15. The Bertz CT molecular complexity index is 1680. The Labute approximate surface area is 250 Å². The van der Waals surface area contributed by atoms with Gasteiger partial charge in [-0.15, -0.1) is 0 Å². The molecule has 0 N–H and O–H groups in total. The summed E-state index contributed by atoms with van der Waals surface area (Å²) in [6.07, 6.45) is 17.7. The third-order valence-electron chi connectivity index (χ3n) is 8.06. The quantitative estimate of drug-likeness (QED) is 0.271. The van der Waals surface area contributed by atoms with Crippen molar-refractivity contribution in [1.29, 1.82) is 0 Å². The van der Waals surface area contributed by atoms with Crippen LogP contribution in [0.4, 0.5) is 5.69 Å². The van der Waals surface area contributed by atoms with Crippen LogP contribution in [0, 0.1) is 5.92 Å². The largest absolute Gasteiger partial charge is 0.335 e. The molecule has 0 bridgehead atoms. The van der Waals surface area contributed by atoms with Crippen LogP contribution in [-0.4, -0.2) is 27.5 Å². The normalized spacial score (nSPS) is 22.3. The number of rotatable bonds is 6. The number of fused-ring (bicyclic) bond motifs is 3. The number of aromatic nitrogens is 1. The third kappa shape index (κ3) is 5.36. The molecule has 2 aliphatic carbocycles. The predicted molar refractivity (Wildman–Crippen MR) is 172 cm³/mol. The molecule has 1 aromatic heterocycles. The summed E-state index contributed by atoms with van der Waals surface area (Å²) in [5.74, 6) is 0.639. The van der Waals surface area contributed by atoms with E-state index in [1.54, 1.807) is 12.5 Å². The highest BCUT2D eigenvalue weighted by Gasteiger charge is 2.28. The van der Waals surface area contributed by atoms with Gasteiger partial charge >= 0.3 is 0 Å². The first-order valence-corrected chi connectivity index (χ1v) is 18.7. The molecule has 8 heteroatoms. The second kappa shape index (κ2) is 11.6. The zero-order chi connectivity index (χ0) is 28.0. The van der Waals surface area contributed by atoms with Crippen LogP contribution in [0.25, 0.3) is 16.3 Å². The lowest BCUT2D eigenvalue weighted by molar-refractivity contribution is -0.665. The maximum Gasteiger partial charge on any atom is 0.263 e. The van der Waals surface area contributed by atoms with Crippen LogP contribution < -0.4 is 9.47 Å². The van der Waals surface area contributed by atoms with Gasteiger partial charge in [-0.25, -0.2) is 0 Å². The van der Waals surface area contributed by atoms with Crippen molar-refractivity contribution < 1.29 is 13.0 Å². The molecule has 0 saturated carbocycles. The molecule has 3 aliphatic rings. The Kier molecular flexibility index (Phi) is 8.05. The van der Waals surface area contributed by atoms with Gasteiger partial charge in [0.15, 0.2) is 0 Å². The monoisotopic (exact) mass is 607 g/mol. The lowest BCUT2D eigenvalue weighted by Gasteiger charge is -2.28. The standard InChI is InChI=1S/C32H35N2O2S4/c1-5-33-27-19-25(39(3)35)11-13-29(27)37-31(33)17-21-7-9-23-10-8-22(16-24(23)15-21)18-32-34(6-2)28-20-26(40(4)36)12-14-30(28)38-32/h11-20,23H,5-10H2,1-4H3/q+1. The topological polar surface area (TPSA) is 41.3 Å². The number of thioether (sulfide) groups is 1. The van der Waals surface area contributed by atoms with Gasteiger partial charge in [0.1, 0.15) is 11.2 Å². The van der Waals surface area contributed by atoms with Gasteiger partial charge in [-0.05, 0) is 98.6 Å². The average molecular weight is 608 g/mol. The molecule has 3 atom stereocenters. The second-order valence-electron chi connectivity index (χ2n) is 10.5. The number of thiazole rings is 1. The van der Waals surface area contributed by atoms with Crippen LogP contribution in [0.15, 0.2) is 91.1 Å². The zero-order valence-corrected chi connectivity index (χ0v) is 26.7. The van der Waals surface area contributed by atoms with E-state index in [-0.39, 0.29) is 0 Å². The van der Waals surface area contributed by atoms with Gasteiger partial charge in [-0.1, -0.05) is 35.3 Å². The predicted octanol–water partition coefficient (Wildman–Crippen LogP) is 7.60. The fourth-order valence-corrected chi connectivity index (χ4v) is 9.38. The lowest BCUT2D eigenvalue weighted by atomic mass is 9.77. The number of anilines is 1. The van der Waals surface area contributed by atoms with Crippen molar-refractivity contribution in [2.45, 2.75) is 60.8 Å². The Balaban J connectivity index is 1.31. The van der Waals surface area contributed by atoms with Crippen molar-refractivity contribution in [3.63, 3.8) is 0 Å². The summed E-state index contributed by atoms with van der Waals surface area (Å²) in [6, 6.07) is 12.4. The van der Waals surface area contributed by atoms with Crippen molar-refractivity contribution in [1.82, 2.24) is 0 Å². The number of nitrogens with zero attached hydrogens (tertiary/aromatic N) is 2. The molecule has 0 fully saturated rings. The minimum atomic E-state index is -0.982. The molecule has 0 amide bonds. The van der Waals surface area contributed by atoms with E-state index in [9.17, 15) is 8.42 Å². The van der Waals surface area contributed by atoms with Crippen molar-refractivity contribution in [2.75, 3.05) is 24.0 Å². The van der Waals surface area contributed by atoms with E-state index in [4.69, 9.17) is 0 Å². The minimum absolute atomic E-state index is 0.639. The summed E-state index contributed by atoms with van der Waals surface area (Å²) in [5, 5.41) is 2.52. The zero-order valence-electron chi connectivity index (χ0n) is 23.4. The van der Waals surface area contributed by atoms with Crippen LogP contribution >= 0.6 is 23.1 Å². The summed E-state index contributed by atoms with van der Waals surface area (Å²) >= 11 is 3.64. The third-order valence-corrected chi connectivity index (χ3v) is 12.1. The first kappa shape index (κ1) is 27.9. The summed E-state index contributed by atoms with van der Waals surface area (Å²) in [7, 11) is -1.96. The van der Waals surface area contributed by atoms with Crippen LogP contribution in [0.1, 0.15) is 44.5 Å². The Morgan fingerprint density at radius 1 is 0.975 bits per heavy atom. The lowest BCUT2D eigenvalue weighted by Crippen LogP contribution is -2.33. The minimum Gasteiger partial charge on any atom is -0.335 e. The fraction of sp³-hybridized carbons (Fsp3) is 0.344. The van der Waals surface area contributed by atoms with Gasteiger partial charge in [-0.2, -0.15) is 4.57 Å². The van der Waals surface area contributed by atoms with Crippen molar-refractivity contribution >= 4 is 66.7 Å². The highest BCUT2D eigenvalue weighted by molar-refractivity contribution is 8.03. The molecule has 1 aliphatic heterocycles. The molecule has 2 heterocycles. The highest BCUT2D eigenvalue weighted by Crippen LogP contribution is 2.48.